The standard InChI is InChI=1S/C24H29N5O2S/c1-19-7-6-8-20(17-19)23-25-26-24(29(23)15-16-31-2)32-18-22(30)28-13-11-27(12-14-28)21-9-4-3-5-10-21/h3-10,17H,11-16,18H2,1-2H3. The van der Waals surface area contributed by atoms with Crippen molar-refractivity contribution in [3.63, 3.8) is 0 Å². The Hall–Kier alpha value is -2.84. The topological polar surface area (TPSA) is 63.5 Å². The SMILES string of the molecule is COCCn1c(SCC(=O)N2CCN(c3ccccc3)CC2)nnc1-c1cccc(C)c1. The van der Waals surface area contributed by atoms with E-state index in [1.165, 1.54) is 23.0 Å². The van der Waals surface area contributed by atoms with E-state index >= 15 is 0 Å². The van der Waals surface area contributed by atoms with Crippen LogP contribution in [0.1, 0.15) is 5.56 Å². The van der Waals surface area contributed by atoms with Crippen LogP contribution in [-0.2, 0) is 16.1 Å². The molecule has 1 amide bonds. The van der Waals surface area contributed by atoms with Crippen LogP contribution in [0.5, 0.6) is 0 Å². The third kappa shape index (κ3) is 5.31. The number of methoxy groups -OCH3 is 1. The highest BCUT2D eigenvalue weighted by Gasteiger charge is 2.22. The largest absolute Gasteiger partial charge is 0.383 e. The highest BCUT2D eigenvalue weighted by Crippen LogP contribution is 2.25. The smallest absolute Gasteiger partial charge is 0.233 e. The molecule has 2 aromatic carbocycles. The molecule has 32 heavy (non-hydrogen) atoms. The summed E-state index contributed by atoms with van der Waals surface area (Å²) in [6.45, 7) is 6.42. The zero-order chi connectivity index (χ0) is 22.3. The first-order chi connectivity index (χ1) is 15.7. The van der Waals surface area contributed by atoms with Gasteiger partial charge in [0, 0.05) is 44.5 Å². The molecule has 1 aliphatic rings. The molecule has 1 aromatic heterocycles. The first-order valence-electron chi connectivity index (χ1n) is 10.9. The van der Waals surface area contributed by atoms with Gasteiger partial charge in [-0.25, -0.2) is 0 Å². The van der Waals surface area contributed by atoms with Crippen molar-refractivity contribution in [1.82, 2.24) is 19.7 Å². The summed E-state index contributed by atoms with van der Waals surface area (Å²) in [5.74, 6) is 1.29. The molecular formula is C24H29N5O2S. The van der Waals surface area contributed by atoms with Gasteiger partial charge >= 0.3 is 0 Å². The van der Waals surface area contributed by atoms with E-state index in [0.717, 1.165) is 42.7 Å². The third-order valence-electron chi connectivity index (χ3n) is 5.59. The van der Waals surface area contributed by atoms with Crippen LogP contribution in [0.4, 0.5) is 5.69 Å². The normalized spacial score (nSPS) is 14.1. The first-order valence-corrected chi connectivity index (χ1v) is 11.8. The number of anilines is 1. The average Bonchev–Trinajstić information content (AvgIpc) is 3.24. The van der Waals surface area contributed by atoms with Crippen molar-refractivity contribution in [3.05, 3.63) is 60.2 Å². The number of carbonyl (C=O) groups excluding carboxylic acids is 1. The quantitative estimate of drug-likeness (QED) is 0.490. The predicted molar refractivity (Wildman–Crippen MR) is 128 cm³/mol. The molecule has 8 heteroatoms. The molecule has 168 valence electrons. The first kappa shape index (κ1) is 22.4. The molecule has 0 atom stereocenters. The molecule has 4 rings (SSSR count). The van der Waals surface area contributed by atoms with Gasteiger partial charge in [-0.3, -0.25) is 9.36 Å². The Morgan fingerprint density at radius 3 is 2.53 bits per heavy atom. The maximum atomic E-state index is 12.9. The number of aryl methyl sites for hydroxylation is 1. The number of carbonyl (C=O) groups is 1. The molecule has 0 aliphatic carbocycles. The summed E-state index contributed by atoms with van der Waals surface area (Å²) in [7, 11) is 1.68. The Balaban J connectivity index is 1.38. The van der Waals surface area contributed by atoms with E-state index in [2.05, 4.69) is 46.3 Å². The van der Waals surface area contributed by atoms with Gasteiger partial charge in [0.2, 0.25) is 5.91 Å². The van der Waals surface area contributed by atoms with Crippen LogP contribution < -0.4 is 4.90 Å². The number of hydrogen-bond acceptors (Lipinski definition) is 6. The second-order valence-electron chi connectivity index (χ2n) is 7.81. The summed E-state index contributed by atoms with van der Waals surface area (Å²) in [6, 6.07) is 18.6. The highest BCUT2D eigenvalue weighted by atomic mass is 32.2. The Morgan fingerprint density at radius 1 is 1.03 bits per heavy atom. The molecular weight excluding hydrogens is 422 g/mol. The molecule has 1 fully saturated rings. The van der Waals surface area contributed by atoms with E-state index in [9.17, 15) is 4.79 Å². The number of hydrogen-bond donors (Lipinski definition) is 0. The summed E-state index contributed by atoms with van der Waals surface area (Å²) >= 11 is 1.45. The van der Waals surface area contributed by atoms with Gasteiger partial charge in [-0.1, -0.05) is 53.7 Å². The summed E-state index contributed by atoms with van der Waals surface area (Å²) in [4.78, 5) is 17.1. The average molecular weight is 452 g/mol. The van der Waals surface area contributed by atoms with Crippen molar-refractivity contribution >= 4 is 23.4 Å². The molecule has 7 nitrogen and oxygen atoms in total. The zero-order valence-electron chi connectivity index (χ0n) is 18.6. The van der Waals surface area contributed by atoms with Gasteiger partial charge < -0.3 is 14.5 Å². The number of rotatable bonds is 8. The van der Waals surface area contributed by atoms with Gasteiger partial charge in [0.1, 0.15) is 0 Å². The maximum Gasteiger partial charge on any atom is 0.233 e. The molecule has 0 spiro atoms. The van der Waals surface area contributed by atoms with Gasteiger partial charge in [-0.2, -0.15) is 0 Å². The van der Waals surface area contributed by atoms with Gasteiger partial charge in [0.05, 0.1) is 18.9 Å². The number of piperazine rings is 1. The number of benzene rings is 2. The molecule has 0 bridgehead atoms. The fourth-order valence-corrected chi connectivity index (χ4v) is 4.72. The number of amides is 1. The minimum absolute atomic E-state index is 0.140. The van der Waals surface area contributed by atoms with Gasteiger partial charge in [-0.15, -0.1) is 10.2 Å². The van der Waals surface area contributed by atoms with E-state index in [1.54, 1.807) is 7.11 Å². The molecule has 0 unspecified atom stereocenters. The van der Waals surface area contributed by atoms with Crippen molar-refractivity contribution in [2.75, 3.05) is 50.5 Å². The van der Waals surface area contributed by atoms with Crippen molar-refractivity contribution in [2.24, 2.45) is 0 Å². The minimum atomic E-state index is 0.140. The van der Waals surface area contributed by atoms with Crippen molar-refractivity contribution in [3.8, 4) is 11.4 Å². The van der Waals surface area contributed by atoms with E-state index in [0.29, 0.717) is 18.9 Å². The maximum absolute atomic E-state index is 12.9. The van der Waals surface area contributed by atoms with Gasteiger partial charge in [-0.05, 0) is 25.1 Å². The molecule has 3 aromatic rings. The highest BCUT2D eigenvalue weighted by molar-refractivity contribution is 7.99. The minimum Gasteiger partial charge on any atom is -0.383 e. The van der Waals surface area contributed by atoms with Crippen LogP contribution in [0.3, 0.4) is 0 Å². The monoisotopic (exact) mass is 451 g/mol. The predicted octanol–water partition coefficient (Wildman–Crippen LogP) is 3.34. The second-order valence-corrected chi connectivity index (χ2v) is 8.75. The van der Waals surface area contributed by atoms with Gasteiger partial charge in [0.15, 0.2) is 11.0 Å². The van der Waals surface area contributed by atoms with Crippen molar-refractivity contribution < 1.29 is 9.53 Å². The third-order valence-corrected chi connectivity index (χ3v) is 6.54. The number of para-hydroxylation sites is 1. The van der Waals surface area contributed by atoms with Gasteiger partial charge in [0.25, 0.3) is 0 Å². The van der Waals surface area contributed by atoms with Crippen LogP contribution in [-0.4, -0.2) is 71.2 Å². The van der Waals surface area contributed by atoms with E-state index < -0.39 is 0 Å². The van der Waals surface area contributed by atoms with Crippen LogP contribution in [0.25, 0.3) is 11.4 Å². The zero-order valence-corrected chi connectivity index (χ0v) is 19.4. The van der Waals surface area contributed by atoms with Crippen molar-refractivity contribution in [2.45, 2.75) is 18.6 Å². The van der Waals surface area contributed by atoms with Crippen LogP contribution in [0, 0.1) is 6.92 Å². The lowest BCUT2D eigenvalue weighted by Crippen LogP contribution is -2.49. The van der Waals surface area contributed by atoms with E-state index in [-0.39, 0.29) is 5.91 Å². The van der Waals surface area contributed by atoms with Crippen molar-refractivity contribution in [1.29, 1.82) is 0 Å². The molecule has 1 aliphatic heterocycles. The van der Waals surface area contributed by atoms with E-state index in [1.807, 2.05) is 39.8 Å². The number of ether oxygens (including phenoxy) is 1. The Kier molecular flexibility index (Phi) is 7.44. The van der Waals surface area contributed by atoms with Crippen LogP contribution in [0.2, 0.25) is 0 Å². The van der Waals surface area contributed by atoms with E-state index in [4.69, 9.17) is 4.74 Å². The molecule has 0 radical (unpaired) electrons. The lowest BCUT2D eigenvalue weighted by molar-refractivity contribution is -0.128. The van der Waals surface area contributed by atoms with Crippen LogP contribution in [0.15, 0.2) is 59.8 Å². The number of thioether (sulfide) groups is 1. The fraction of sp³-hybridized carbons (Fsp3) is 0.375. The number of nitrogens with zero attached hydrogens (tertiary/aromatic N) is 5. The molecule has 0 N–H and O–H groups in total. The Labute approximate surface area is 193 Å². The molecule has 0 saturated carbocycles. The molecule has 2 heterocycles. The summed E-state index contributed by atoms with van der Waals surface area (Å²) in [5.41, 5.74) is 3.40. The Bertz CT molecular complexity index is 1030. The summed E-state index contributed by atoms with van der Waals surface area (Å²) in [6.07, 6.45) is 0. The number of aromatic nitrogens is 3. The summed E-state index contributed by atoms with van der Waals surface area (Å²) in [5, 5.41) is 9.55. The fourth-order valence-electron chi connectivity index (χ4n) is 3.85. The molecule has 1 saturated heterocycles. The lowest BCUT2D eigenvalue weighted by Gasteiger charge is -2.36. The summed E-state index contributed by atoms with van der Waals surface area (Å²) < 4.78 is 7.33. The lowest BCUT2D eigenvalue weighted by atomic mass is 10.1. The second kappa shape index (κ2) is 10.7. The Morgan fingerprint density at radius 2 is 1.81 bits per heavy atom. The van der Waals surface area contributed by atoms with Crippen LogP contribution >= 0.6 is 11.8 Å².